The molecule has 37 heavy (non-hydrogen) atoms. The van der Waals surface area contributed by atoms with Crippen LogP contribution in [0.4, 0.5) is 5.69 Å². The summed E-state index contributed by atoms with van der Waals surface area (Å²) in [6.45, 7) is 4.72. The molecule has 0 radical (unpaired) electrons. The van der Waals surface area contributed by atoms with Gasteiger partial charge in [0, 0.05) is 37.6 Å². The molecule has 2 aromatic rings. The number of rotatable bonds is 13. The third-order valence-electron chi connectivity index (χ3n) is 6.90. The van der Waals surface area contributed by atoms with Crippen LogP contribution < -0.4 is 9.64 Å². The Labute approximate surface area is 226 Å². The summed E-state index contributed by atoms with van der Waals surface area (Å²) in [5.74, 6) is 0.840. The first kappa shape index (κ1) is 29.0. The summed E-state index contributed by atoms with van der Waals surface area (Å²) in [6.07, 6.45) is 10.2. The lowest BCUT2D eigenvalue weighted by atomic mass is 9.92. The van der Waals surface area contributed by atoms with E-state index in [9.17, 15) is 9.90 Å². The summed E-state index contributed by atoms with van der Waals surface area (Å²) < 4.78 is 6.31. The molecule has 202 valence electrons. The number of aliphatic hydroxyl groups excluding tert-OH is 2. The van der Waals surface area contributed by atoms with E-state index in [1.165, 1.54) is 11.1 Å². The number of ether oxygens (including phenoxy) is 1. The highest BCUT2D eigenvalue weighted by atomic mass is 35.5. The summed E-state index contributed by atoms with van der Waals surface area (Å²) >= 11 is 6.33. The number of unbranched alkanes of at least 4 members (excludes halogenated alkanes) is 2. The Hall–Kier alpha value is -2.54. The van der Waals surface area contributed by atoms with Crippen LogP contribution in [0.5, 0.6) is 5.75 Å². The van der Waals surface area contributed by atoms with E-state index in [1.54, 1.807) is 11.9 Å². The topological polar surface area (TPSA) is 73.2 Å². The number of allylic oxidation sites excluding steroid dienone is 1. The molecule has 2 aromatic carbocycles. The molecular formula is C30H41ClN2O4. The van der Waals surface area contributed by atoms with E-state index in [2.05, 4.69) is 42.2 Å². The molecule has 2 N–H and O–H groups in total. The van der Waals surface area contributed by atoms with Crippen LogP contribution >= 0.6 is 11.6 Å². The van der Waals surface area contributed by atoms with Gasteiger partial charge >= 0.3 is 0 Å². The van der Waals surface area contributed by atoms with Gasteiger partial charge in [-0.05, 0) is 73.1 Å². The van der Waals surface area contributed by atoms with Gasteiger partial charge in [0.05, 0.1) is 18.9 Å². The number of benzene rings is 2. The highest BCUT2D eigenvalue weighted by molar-refractivity contribution is 6.30. The second-order valence-corrected chi connectivity index (χ2v) is 10.2. The fourth-order valence-electron chi connectivity index (χ4n) is 4.81. The first-order valence-electron chi connectivity index (χ1n) is 13.4. The van der Waals surface area contributed by atoms with Gasteiger partial charge in [0.25, 0.3) is 0 Å². The molecule has 1 atom stereocenters. The van der Waals surface area contributed by atoms with Crippen molar-refractivity contribution in [1.29, 1.82) is 0 Å². The van der Waals surface area contributed by atoms with Crippen molar-refractivity contribution in [1.82, 2.24) is 4.90 Å². The maximum Gasteiger partial charge on any atom is 0.248 e. The highest BCUT2D eigenvalue weighted by Gasteiger charge is 2.26. The van der Waals surface area contributed by atoms with E-state index in [1.807, 2.05) is 18.2 Å². The Kier molecular flexibility index (Phi) is 11.8. The van der Waals surface area contributed by atoms with Crippen molar-refractivity contribution in [2.45, 2.75) is 58.0 Å². The highest BCUT2D eigenvalue weighted by Crippen LogP contribution is 2.37. The van der Waals surface area contributed by atoms with Gasteiger partial charge < -0.3 is 24.7 Å². The maximum atomic E-state index is 11.4. The molecular weight excluding hydrogens is 488 g/mol. The third kappa shape index (κ3) is 8.49. The number of nitrogens with zero attached hydrogens (tertiary/aromatic N) is 2. The molecule has 0 saturated heterocycles. The Balaban J connectivity index is 1.65. The number of aryl methyl sites for hydroxylation is 1. The van der Waals surface area contributed by atoms with Crippen LogP contribution in [0, 0.1) is 0 Å². The van der Waals surface area contributed by atoms with E-state index in [-0.39, 0.29) is 18.4 Å². The zero-order chi connectivity index (χ0) is 26.6. The number of amides is 1. The predicted molar refractivity (Wildman–Crippen MR) is 151 cm³/mol. The van der Waals surface area contributed by atoms with Crippen LogP contribution in [0.2, 0.25) is 5.02 Å². The molecule has 7 heteroatoms. The summed E-state index contributed by atoms with van der Waals surface area (Å²) in [5.41, 5.74) is 4.53. The van der Waals surface area contributed by atoms with Gasteiger partial charge in [-0.15, -0.1) is 0 Å². The van der Waals surface area contributed by atoms with Gasteiger partial charge in [-0.1, -0.05) is 49.2 Å². The molecule has 3 rings (SSSR count). The quantitative estimate of drug-likeness (QED) is 0.271. The van der Waals surface area contributed by atoms with Crippen molar-refractivity contribution in [2.75, 3.05) is 44.8 Å². The van der Waals surface area contributed by atoms with Gasteiger partial charge in [-0.2, -0.15) is 0 Å². The second kappa shape index (κ2) is 15.0. The fraction of sp³-hybridized carbons (Fsp3) is 0.500. The number of aliphatic hydroxyl groups is 2. The van der Waals surface area contributed by atoms with Crippen molar-refractivity contribution >= 4 is 23.2 Å². The van der Waals surface area contributed by atoms with Gasteiger partial charge in [0.15, 0.2) is 0 Å². The molecule has 1 aliphatic heterocycles. The monoisotopic (exact) mass is 528 g/mol. The summed E-state index contributed by atoms with van der Waals surface area (Å²) in [5, 5.41) is 19.4. The lowest BCUT2D eigenvalue weighted by Gasteiger charge is -2.28. The molecule has 0 fully saturated rings. The zero-order valence-corrected chi connectivity index (χ0v) is 22.9. The Bertz CT molecular complexity index is 1040. The number of fused-ring (bicyclic) bond motifs is 1. The number of hydrogen-bond donors (Lipinski definition) is 2. The van der Waals surface area contributed by atoms with E-state index in [0.29, 0.717) is 13.2 Å². The molecule has 1 unspecified atom stereocenters. The van der Waals surface area contributed by atoms with E-state index in [4.69, 9.17) is 21.4 Å². The Morgan fingerprint density at radius 2 is 1.97 bits per heavy atom. The standard InChI is InChI=1S/C30H41ClN2O4/c1-3-10-24-18-26(31)12-13-27(24)25-19-33(28-17-23(20-34)11-14-29(28)37-22-25)16-9-7-5-4-6-8-15-32(2)30(36)21-35/h4,6,11-14,17-18,25,34-35H,3,5,7-10,15-16,19-22H2,1-2H3/b6-4+. The van der Waals surface area contributed by atoms with Crippen LogP contribution in [-0.4, -0.2) is 60.9 Å². The van der Waals surface area contributed by atoms with Gasteiger partial charge in [-0.25, -0.2) is 0 Å². The molecule has 0 bridgehead atoms. The van der Waals surface area contributed by atoms with Gasteiger partial charge in [-0.3, -0.25) is 4.79 Å². The normalized spacial score (nSPS) is 15.4. The molecule has 6 nitrogen and oxygen atoms in total. The minimum absolute atomic E-state index is 0.00622. The maximum absolute atomic E-state index is 11.4. The van der Waals surface area contributed by atoms with Crippen molar-refractivity contribution < 1.29 is 19.7 Å². The van der Waals surface area contributed by atoms with Gasteiger partial charge in [0.2, 0.25) is 5.91 Å². The van der Waals surface area contributed by atoms with Crippen LogP contribution in [0.1, 0.15) is 61.6 Å². The Morgan fingerprint density at radius 1 is 1.16 bits per heavy atom. The second-order valence-electron chi connectivity index (χ2n) is 9.74. The fourth-order valence-corrected chi connectivity index (χ4v) is 5.01. The summed E-state index contributed by atoms with van der Waals surface area (Å²) in [7, 11) is 1.71. The van der Waals surface area contributed by atoms with E-state index >= 15 is 0 Å². The summed E-state index contributed by atoms with van der Waals surface area (Å²) in [4.78, 5) is 15.4. The van der Waals surface area contributed by atoms with Crippen LogP contribution in [0.15, 0.2) is 48.6 Å². The Morgan fingerprint density at radius 3 is 2.73 bits per heavy atom. The van der Waals surface area contributed by atoms with Crippen LogP contribution in [0.3, 0.4) is 0 Å². The number of hydrogen-bond acceptors (Lipinski definition) is 5. The van der Waals surface area contributed by atoms with Crippen molar-refractivity contribution in [2.24, 2.45) is 0 Å². The van der Waals surface area contributed by atoms with E-state index < -0.39 is 6.61 Å². The van der Waals surface area contributed by atoms with Crippen LogP contribution in [0.25, 0.3) is 0 Å². The molecule has 1 heterocycles. The first-order valence-corrected chi connectivity index (χ1v) is 13.7. The lowest BCUT2D eigenvalue weighted by Crippen LogP contribution is -2.30. The molecule has 1 amide bonds. The number of likely N-dealkylation sites (N-methyl/N-ethyl adjacent to an activating group) is 1. The van der Waals surface area contributed by atoms with E-state index in [0.717, 1.165) is 73.6 Å². The lowest BCUT2D eigenvalue weighted by molar-refractivity contribution is -0.132. The molecule has 0 saturated carbocycles. The van der Waals surface area contributed by atoms with Crippen LogP contribution in [-0.2, 0) is 17.8 Å². The number of carbonyl (C=O) groups is 1. The molecule has 0 spiro atoms. The molecule has 1 aliphatic rings. The number of halogens is 1. The smallest absolute Gasteiger partial charge is 0.248 e. The largest absolute Gasteiger partial charge is 0.491 e. The zero-order valence-electron chi connectivity index (χ0n) is 22.2. The number of carbonyl (C=O) groups excluding carboxylic acids is 1. The predicted octanol–water partition coefficient (Wildman–Crippen LogP) is 5.33. The van der Waals surface area contributed by atoms with Gasteiger partial charge in [0.1, 0.15) is 12.4 Å². The SMILES string of the molecule is CCCc1cc(Cl)ccc1C1COc2ccc(CO)cc2N(CCCC/C=C/CCN(C)C(=O)CO)C1. The number of anilines is 1. The van der Waals surface area contributed by atoms with Crippen molar-refractivity contribution in [3.8, 4) is 5.75 Å². The summed E-state index contributed by atoms with van der Waals surface area (Å²) in [6, 6.07) is 12.2. The van der Waals surface area contributed by atoms with Crippen molar-refractivity contribution in [3.63, 3.8) is 0 Å². The first-order chi connectivity index (χ1) is 18.0. The third-order valence-corrected chi connectivity index (χ3v) is 7.13. The van der Waals surface area contributed by atoms with Crippen molar-refractivity contribution in [3.05, 3.63) is 70.3 Å². The minimum Gasteiger partial charge on any atom is -0.491 e. The molecule has 0 aromatic heterocycles. The average molecular weight is 529 g/mol. The minimum atomic E-state index is -0.441. The molecule has 0 aliphatic carbocycles. The average Bonchev–Trinajstić information content (AvgIpc) is 3.08.